The predicted molar refractivity (Wildman–Crippen MR) is 62.1 cm³/mol. The van der Waals surface area contributed by atoms with E-state index in [0.29, 0.717) is 14.3 Å². The van der Waals surface area contributed by atoms with Crippen molar-refractivity contribution in [2.45, 2.75) is 6.42 Å². The van der Waals surface area contributed by atoms with Crippen molar-refractivity contribution < 1.29 is 19.9 Å². The summed E-state index contributed by atoms with van der Waals surface area (Å²) in [5.41, 5.74) is 0. The van der Waals surface area contributed by atoms with Gasteiger partial charge in [-0.25, -0.2) is 0 Å². The maximum Gasteiger partial charge on any atom is 0.485 e. The third-order valence-electron chi connectivity index (χ3n) is 1.35. The molecule has 1 aromatic carbocycles. The molecule has 0 aliphatic carbocycles. The molecule has 0 saturated carbocycles. The molecule has 0 spiro atoms. The van der Waals surface area contributed by atoms with Gasteiger partial charge in [-0.1, -0.05) is 28.1 Å². The number of alkyl halides is 1. The zero-order valence-electron chi connectivity index (χ0n) is 8.14. The summed E-state index contributed by atoms with van der Waals surface area (Å²) in [5, 5.41) is 26.2. The second-order valence-corrected chi connectivity index (χ2v) is 3.30. The van der Waals surface area contributed by atoms with Gasteiger partial charge in [0.05, 0.1) is 0 Å². The molecule has 4 nitrogen and oxygen atoms in total. The fourth-order valence-corrected chi connectivity index (χ4v) is 0.884. The zero-order valence-corrected chi connectivity index (χ0v) is 9.72. The Hall–Kier alpha value is -0.715. The Balaban J connectivity index is 0.000000265. The second kappa shape index (κ2) is 9.83. The van der Waals surface area contributed by atoms with Gasteiger partial charge in [0.25, 0.3) is 0 Å². The normalized spacial score (nSPS) is 8.93. The fraction of sp³-hybridized carbons (Fsp3) is 0.333. The van der Waals surface area contributed by atoms with E-state index in [-0.39, 0.29) is 11.5 Å². The summed E-state index contributed by atoms with van der Waals surface area (Å²) in [5.74, 6) is -0.153. The predicted octanol–water partition coefficient (Wildman–Crippen LogP) is 1.41. The number of para-hydroxylation sites is 2. The largest absolute Gasteiger partial charge is 0.504 e. The summed E-state index contributed by atoms with van der Waals surface area (Å²) in [4.78, 5) is 0. The zero-order chi connectivity index (χ0) is 11.5. The van der Waals surface area contributed by atoms with Crippen molar-refractivity contribution in [2.24, 2.45) is 0 Å². The maximum atomic E-state index is 8.67. The molecule has 0 aliphatic heterocycles. The smallest absolute Gasteiger partial charge is 0.485 e. The van der Waals surface area contributed by atoms with E-state index in [2.05, 4.69) is 20.6 Å². The van der Waals surface area contributed by atoms with E-state index in [1.807, 2.05) is 0 Å². The molecule has 0 atom stereocenters. The minimum Gasteiger partial charge on any atom is -0.504 e. The van der Waals surface area contributed by atoms with Gasteiger partial charge in [0, 0.05) is 11.9 Å². The molecule has 1 radical (unpaired) electrons. The SMILES string of the molecule is O[B]OCCCBr.Oc1ccccc1O. The number of halogens is 1. The Morgan fingerprint density at radius 1 is 1.20 bits per heavy atom. The van der Waals surface area contributed by atoms with Crippen molar-refractivity contribution in [3.05, 3.63) is 24.3 Å². The first-order chi connectivity index (χ1) is 7.22. The van der Waals surface area contributed by atoms with Crippen molar-refractivity contribution in [2.75, 3.05) is 11.9 Å². The minimum atomic E-state index is -0.0764. The number of aromatic hydroxyl groups is 2. The quantitative estimate of drug-likeness (QED) is 0.336. The van der Waals surface area contributed by atoms with Gasteiger partial charge in [-0.3, -0.25) is 0 Å². The first-order valence-corrected chi connectivity index (χ1v) is 5.45. The highest BCUT2D eigenvalue weighted by Gasteiger charge is 1.90. The Labute approximate surface area is 98.0 Å². The van der Waals surface area contributed by atoms with Crippen LogP contribution in [0.15, 0.2) is 24.3 Å². The number of benzene rings is 1. The van der Waals surface area contributed by atoms with Crippen LogP contribution in [0.25, 0.3) is 0 Å². The highest BCUT2D eigenvalue weighted by atomic mass is 79.9. The van der Waals surface area contributed by atoms with Crippen LogP contribution < -0.4 is 0 Å². The molecule has 0 aliphatic rings. The molecule has 0 unspecified atom stereocenters. The number of phenolic OH excluding ortho intramolecular Hbond substituents is 2. The lowest BCUT2D eigenvalue weighted by Crippen LogP contribution is -1.98. The van der Waals surface area contributed by atoms with E-state index >= 15 is 0 Å². The van der Waals surface area contributed by atoms with Gasteiger partial charge in [-0.05, 0) is 18.6 Å². The summed E-state index contributed by atoms with van der Waals surface area (Å²) in [6.07, 6.45) is 0.928. The van der Waals surface area contributed by atoms with E-state index in [1.54, 1.807) is 12.1 Å². The van der Waals surface area contributed by atoms with Crippen LogP contribution in [0.3, 0.4) is 0 Å². The molecule has 6 heteroatoms. The molecule has 0 bridgehead atoms. The Kier molecular flexibility index (Phi) is 9.36. The van der Waals surface area contributed by atoms with Gasteiger partial charge < -0.3 is 19.9 Å². The van der Waals surface area contributed by atoms with Crippen LogP contribution in [0.5, 0.6) is 11.5 Å². The third-order valence-corrected chi connectivity index (χ3v) is 1.91. The highest BCUT2D eigenvalue weighted by molar-refractivity contribution is 9.09. The summed E-state index contributed by atoms with van der Waals surface area (Å²) >= 11 is 3.20. The Bertz CT molecular complexity index is 235. The number of phenols is 2. The molecule has 15 heavy (non-hydrogen) atoms. The number of hydrogen-bond acceptors (Lipinski definition) is 4. The van der Waals surface area contributed by atoms with E-state index in [4.69, 9.17) is 15.2 Å². The van der Waals surface area contributed by atoms with Crippen LogP contribution in [0.4, 0.5) is 0 Å². The minimum absolute atomic E-state index is 0.0764. The molecule has 1 aromatic rings. The van der Waals surface area contributed by atoms with Gasteiger partial charge in [-0.15, -0.1) is 0 Å². The summed E-state index contributed by atoms with van der Waals surface area (Å²) in [6, 6.07) is 6.15. The average molecular weight is 276 g/mol. The maximum absolute atomic E-state index is 8.67. The van der Waals surface area contributed by atoms with Crippen molar-refractivity contribution in [1.82, 2.24) is 0 Å². The van der Waals surface area contributed by atoms with Gasteiger partial charge in [0.15, 0.2) is 11.5 Å². The first-order valence-electron chi connectivity index (χ1n) is 4.32. The lowest BCUT2D eigenvalue weighted by atomic mass is 10.3. The molecular formula is C9H13BBrO4. The molecule has 0 amide bonds. The number of hydrogen-bond donors (Lipinski definition) is 3. The monoisotopic (exact) mass is 275 g/mol. The Morgan fingerprint density at radius 2 is 1.73 bits per heavy atom. The third kappa shape index (κ3) is 8.29. The molecule has 0 saturated heterocycles. The summed E-state index contributed by atoms with van der Waals surface area (Å²) in [7, 11) is 0.711. The van der Waals surface area contributed by atoms with Gasteiger partial charge in [0.2, 0.25) is 0 Å². The van der Waals surface area contributed by atoms with Crippen LogP contribution in [0.1, 0.15) is 6.42 Å². The molecule has 0 aromatic heterocycles. The van der Waals surface area contributed by atoms with Crippen molar-refractivity contribution in [1.29, 1.82) is 0 Å². The van der Waals surface area contributed by atoms with Crippen LogP contribution in [0, 0.1) is 0 Å². The molecule has 0 fully saturated rings. The van der Waals surface area contributed by atoms with Crippen LogP contribution >= 0.6 is 15.9 Å². The van der Waals surface area contributed by atoms with Crippen molar-refractivity contribution >= 4 is 23.6 Å². The van der Waals surface area contributed by atoms with E-state index in [9.17, 15) is 0 Å². The molecule has 3 N–H and O–H groups in total. The van der Waals surface area contributed by atoms with Crippen LogP contribution in [0.2, 0.25) is 0 Å². The lowest BCUT2D eigenvalue weighted by molar-refractivity contribution is 0.286. The second-order valence-electron chi connectivity index (χ2n) is 2.51. The molecule has 0 heterocycles. The molecular weight excluding hydrogens is 263 g/mol. The fourth-order valence-electron chi connectivity index (χ4n) is 0.655. The van der Waals surface area contributed by atoms with Gasteiger partial charge >= 0.3 is 7.69 Å². The highest BCUT2D eigenvalue weighted by Crippen LogP contribution is 2.21. The van der Waals surface area contributed by atoms with Crippen molar-refractivity contribution in [3.63, 3.8) is 0 Å². The number of rotatable bonds is 4. The first kappa shape index (κ1) is 14.3. The average Bonchev–Trinajstić information content (AvgIpc) is 2.24. The van der Waals surface area contributed by atoms with Gasteiger partial charge in [0.1, 0.15) is 0 Å². The summed E-state index contributed by atoms with van der Waals surface area (Å²) < 4.78 is 4.47. The standard InChI is InChI=1S/C6H6O2.C3H7BBrO2/c7-5-3-1-2-4-6(5)8;5-2-1-3-7-4-6/h1-4,7-8H;6H,1-3H2. The van der Waals surface area contributed by atoms with Crippen molar-refractivity contribution in [3.8, 4) is 11.5 Å². The lowest BCUT2D eigenvalue weighted by Gasteiger charge is -1.91. The Morgan fingerprint density at radius 3 is 2.07 bits per heavy atom. The topological polar surface area (TPSA) is 69.9 Å². The van der Waals surface area contributed by atoms with E-state index in [1.165, 1.54) is 12.1 Å². The summed E-state index contributed by atoms with van der Waals surface area (Å²) in [6.45, 7) is 0.585. The van der Waals surface area contributed by atoms with Crippen LogP contribution in [-0.2, 0) is 4.65 Å². The van der Waals surface area contributed by atoms with E-state index in [0.717, 1.165) is 11.8 Å². The van der Waals surface area contributed by atoms with Crippen LogP contribution in [-0.4, -0.2) is 34.9 Å². The molecule has 1 rings (SSSR count). The van der Waals surface area contributed by atoms with Gasteiger partial charge in [-0.2, -0.15) is 0 Å². The molecule has 83 valence electrons. The van der Waals surface area contributed by atoms with E-state index < -0.39 is 0 Å².